The van der Waals surface area contributed by atoms with Gasteiger partial charge in [0.1, 0.15) is 10.7 Å². The minimum Gasteiger partial charge on any atom is -0.357 e. The molecule has 0 radical (unpaired) electrons. The summed E-state index contributed by atoms with van der Waals surface area (Å²) in [5, 5.41) is 2.98. The van der Waals surface area contributed by atoms with Gasteiger partial charge in [-0.1, -0.05) is 12.1 Å². The Morgan fingerprint density at radius 3 is 2.42 bits per heavy atom. The van der Waals surface area contributed by atoms with Crippen molar-refractivity contribution >= 4 is 33.3 Å². The topological polar surface area (TPSA) is 95.0 Å². The fraction of sp³-hybridized carbons (Fsp3) is 0.409. The number of nitrogens with zero attached hydrogens (tertiary/aromatic N) is 4. The molecule has 3 aliphatic rings. The molecule has 2 aromatic rings. The van der Waals surface area contributed by atoms with Crippen molar-refractivity contribution in [1.82, 2.24) is 9.88 Å². The normalized spacial score (nSPS) is 20.5. The predicted molar refractivity (Wildman–Crippen MR) is 119 cm³/mol. The van der Waals surface area contributed by atoms with Crippen LogP contribution in [0.15, 0.2) is 51.9 Å². The molecule has 0 spiro atoms. The predicted octanol–water partition coefficient (Wildman–Crippen LogP) is 2.48. The molecule has 162 valence electrons. The third kappa shape index (κ3) is 3.89. The van der Waals surface area contributed by atoms with Gasteiger partial charge in [0.15, 0.2) is 5.84 Å². The van der Waals surface area contributed by atoms with Gasteiger partial charge >= 0.3 is 0 Å². The molecule has 0 bridgehead atoms. The molecule has 2 fully saturated rings. The number of hydrogen-bond acceptors (Lipinski definition) is 6. The molecular weight excluding hydrogens is 414 g/mol. The Kier molecular flexibility index (Phi) is 5.13. The van der Waals surface area contributed by atoms with Crippen LogP contribution in [0.1, 0.15) is 31.2 Å². The molecule has 5 rings (SSSR count). The lowest BCUT2D eigenvalue weighted by molar-refractivity contribution is -0.120. The second kappa shape index (κ2) is 7.96. The van der Waals surface area contributed by atoms with E-state index in [4.69, 9.17) is 0 Å². The lowest BCUT2D eigenvalue weighted by atomic mass is 9.95. The summed E-state index contributed by atoms with van der Waals surface area (Å²) in [6.45, 7) is 3.25. The van der Waals surface area contributed by atoms with Crippen molar-refractivity contribution in [3.05, 3.63) is 48.2 Å². The van der Waals surface area contributed by atoms with Gasteiger partial charge in [0, 0.05) is 37.7 Å². The smallest absolute Gasteiger partial charge is 0.285 e. The standard InChI is InChI=1S/C22H25N5O3S/c28-22(24-17-7-8-20(23-15-17)26-11-3-4-12-26)16-9-13-27(14-10-16)21-18-5-1-2-6-19(18)31(29,30)25-21/h1-2,5-8,15-16H,3-4,9-14H2,(H,24,28). The molecule has 3 aliphatic heterocycles. The van der Waals surface area contributed by atoms with Crippen molar-refractivity contribution in [3.63, 3.8) is 0 Å². The molecule has 31 heavy (non-hydrogen) atoms. The van der Waals surface area contributed by atoms with E-state index in [1.54, 1.807) is 24.4 Å². The van der Waals surface area contributed by atoms with Gasteiger partial charge < -0.3 is 15.1 Å². The number of nitrogens with one attached hydrogen (secondary N) is 1. The number of likely N-dealkylation sites (tertiary alicyclic amines) is 1. The molecule has 0 atom stereocenters. The number of fused-ring (bicyclic) bond motifs is 1. The van der Waals surface area contributed by atoms with Gasteiger partial charge in [-0.3, -0.25) is 4.79 Å². The van der Waals surface area contributed by atoms with Gasteiger partial charge in [-0.2, -0.15) is 8.42 Å². The zero-order valence-electron chi connectivity index (χ0n) is 17.2. The molecule has 2 saturated heterocycles. The number of carbonyl (C=O) groups excluding carboxylic acids is 1. The van der Waals surface area contributed by atoms with Gasteiger partial charge in [0.25, 0.3) is 10.0 Å². The molecule has 8 nitrogen and oxygen atoms in total. The first kappa shape index (κ1) is 20.0. The number of sulfonamides is 1. The largest absolute Gasteiger partial charge is 0.357 e. The Morgan fingerprint density at radius 2 is 1.71 bits per heavy atom. The SMILES string of the molecule is O=C(Nc1ccc(N2CCCC2)nc1)C1CCN(C2=NS(=O)(=O)c3ccccc32)CC1. The Balaban J connectivity index is 1.20. The first-order valence-electron chi connectivity index (χ1n) is 10.7. The molecule has 1 amide bonds. The summed E-state index contributed by atoms with van der Waals surface area (Å²) in [6.07, 6.45) is 5.40. The average molecular weight is 440 g/mol. The van der Waals surface area contributed by atoms with Crippen LogP contribution in [0.3, 0.4) is 0 Å². The Hall–Kier alpha value is -2.94. The third-order valence-electron chi connectivity index (χ3n) is 6.22. The summed E-state index contributed by atoms with van der Waals surface area (Å²) in [7, 11) is -3.63. The second-order valence-electron chi connectivity index (χ2n) is 8.24. The number of hydrogen-bond donors (Lipinski definition) is 1. The molecule has 1 aromatic heterocycles. The number of aromatic nitrogens is 1. The fourth-order valence-corrected chi connectivity index (χ4v) is 5.74. The molecule has 0 unspecified atom stereocenters. The summed E-state index contributed by atoms with van der Waals surface area (Å²) in [6, 6.07) is 10.8. The van der Waals surface area contributed by atoms with Crippen molar-refractivity contribution in [2.75, 3.05) is 36.4 Å². The average Bonchev–Trinajstić information content (AvgIpc) is 3.41. The summed E-state index contributed by atoms with van der Waals surface area (Å²) >= 11 is 0. The first-order valence-corrected chi connectivity index (χ1v) is 12.2. The molecular formula is C22H25N5O3S. The van der Waals surface area contributed by atoms with E-state index < -0.39 is 10.0 Å². The molecule has 1 N–H and O–H groups in total. The second-order valence-corrected chi connectivity index (χ2v) is 9.81. The van der Waals surface area contributed by atoms with Crippen molar-refractivity contribution < 1.29 is 13.2 Å². The zero-order valence-corrected chi connectivity index (χ0v) is 18.0. The van der Waals surface area contributed by atoms with Crippen molar-refractivity contribution in [3.8, 4) is 0 Å². The minimum atomic E-state index is -3.63. The highest BCUT2D eigenvalue weighted by Gasteiger charge is 2.34. The Bertz CT molecular complexity index is 1120. The van der Waals surface area contributed by atoms with Crippen LogP contribution in [-0.2, 0) is 14.8 Å². The van der Waals surface area contributed by atoms with Crippen LogP contribution in [0.4, 0.5) is 11.5 Å². The highest BCUT2D eigenvalue weighted by Crippen LogP contribution is 2.30. The van der Waals surface area contributed by atoms with Crippen LogP contribution in [0.2, 0.25) is 0 Å². The summed E-state index contributed by atoms with van der Waals surface area (Å²) in [4.78, 5) is 21.7. The van der Waals surface area contributed by atoms with E-state index >= 15 is 0 Å². The quantitative estimate of drug-likeness (QED) is 0.790. The van der Waals surface area contributed by atoms with Gasteiger partial charge in [-0.25, -0.2) is 4.98 Å². The number of amidine groups is 1. The molecule has 1 aromatic carbocycles. The molecule has 0 saturated carbocycles. The monoisotopic (exact) mass is 439 g/mol. The lowest BCUT2D eigenvalue weighted by Crippen LogP contribution is -2.41. The van der Waals surface area contributed by atoms with Gasteiger partial charge in [0.05, 0.1) is 11.9 Å². The van der Waals surface area contributed by atoms with E-state index in [1.165, 1.54) is 12.8 Å². The van der Waals surface area contributed by atoms with E-state index in [1.807, 2.05) is 23.1 Å². The third-order valence-corrected chi connectivity index (χ3v) is 7.55. The maximum atomic E-state index is 12.7. The Morgan fingerprint density at radius 1 is 0.968 bits per heavy atom. The lowest BCUT2D eigenvalue weighted by Gasteiger charge is -2.32. The Labute approximate surface area is 182 Å². The van der Waals surface area contributed by atoms with Crippen LogP contribution in [0.5, 0.6) is 0 Å². The van der Waals surface area contributed by atoms with Crippen molar-refractivity contribution in [2.45, 2.75) is 30.6 Å². The minimum absolute atomic E-state index is 0.0169. The van der Waals surface area contributed by atoms with Gasteiger partial charge in [-0.05, 0) is 49.9 Å². The molecule has 9 heteroatoms. The number of amides is 1. The number of piperidine rings is 1. The number of anilines is 2. The van der Waals surface area contributed by atoms with Crippen LogP contribution < -0.4 is 10.2 Å². The van der Waals surface area contributed by atoms with Crippen molar-refractivity contribution in [1.29, 1.82) is 0 Å². The van der Waals surface area contributed by atoms with Crippen LogP contribution in [0.25, 0.3) is 0 Å². The van der Waals surface area contributed by atoms with Crippen LogP contribution >= 0.6 is 0 Å². The number of benzene rings is 1. The summed E-state index contributed by atoms with van der Waals surface area (Å²) in [5.74, 6) is 1.31. The summed E-state index contributed by atoms with van der Waals surface area (Å²) < 4.78 is 28.6. The number of pyridine rings is 1. The van der Waals surface area contributed by atoms with E-state index in [9.17, 15) is 13.2 Å². The fourth-order valence-electron chi connectivity index (χ4n) is 4.51. The van der Waals surface area contributed by atoms with Crippen LogP contribution in [-0.4, -0.2) is 56.2 Å². The highest BCUT2D eigenvalue weighted by atomic mass is 32.2. The first-order chi connectivity index (χ1) is 15.0. The maximum Gasteiger partial charge on any atom is 0.285 e. The zero-order chi connectivity index (χ0) is 21.4. The number of rotatable bonds is 3. The van der Waals surface area contributed by atoms with Gasteiger partial charge in [0.2, 0.25) is 5.91 Å². The van der Waals surface area contributed by atoms with E-state index in [0.717, 1.165) is 18.9 Å². The van der Waals surface area contributed by atoms with Gasteiger partial charge in [-0.15, -0.1) is 4.40 Å². The molecule has 4 heterocycles. The number of carbonyl (C=O) groups is 1. The molecule has 0 aliphatic carbocycles. The maximum absolute atomic E-state index is 12.7. The van der Waals surface area contributed by atoms with E-state index in [0.29, 0.717) is 43.0 Å². The van der Waals surface area contributed by atoms with Crippen LogP contribution in [0, 0.1) is 5.92 Å². The van der Waals surface area contributed by atoms with E-state index in [2.05, 4.69) is 19.6 Å². The van der Waals surface area contributed by atoms with E-state index in [-0.39, 0.29) is 16.7 Å². The van der Waals surface area contributed by atoms with Crippen molar-refractivity contribution in [2.24, 2.45) is 10.3 Å². The highest BCUT2D eigenvalue weighted by molar-refractivity contribution is 7.90. The summed E-state index contributed by atoms with van der Waals surface area (Å²) in [5.41, 5.74) is 1.35.